The smallest absolute Gasteiger partial charge is 0.335 e. The van der Waals surface area contributed by atoms with Crippen LogP contribution in [-0.2, 0) is 19.1 Å². The maximum Gasteiger partial charge on any atom is 0.335 e. The molecule has 2 N–H and O–H groups in total. The second kappa shape index (κ2) is 62.2. The van der Waals surface area contributed by atoms with E-state index >= 15 is 0 Å². The molecule has 420 valence electrons. The average molecular weight is 994 g/mol. The molecule has 0 aromatic heterocycles. The number of aliphatic hydroxyl groups is 2. The van der Waals surface area contributed by atoms with Crippen LogP contribution in [0.15, 0.2) is 0 Å². The van der Waals surface area contributed by atoms with Crippen molar-refractivity contribution in [1.29, 1.82) is 0 Å². The first-order chi connectivity index (χ1) is 34.4. The van der Waals surface area contributed by atoms with Crippen molar-refractivity contribution in [3.05, 3.63) is 0 Å². The van der Waals surface area contributed by atoms with E-state index in [-0.39, 0.29) is 12.1 Å². The van der Waals surface area contributed by atoms with E-state index in [9.17, 15) is 19.8 Å². The first kappa shape index (κ1) is 70.9. The second-order valence-corrected chi connectivity index (χ2v) is 22.0. The summed E-state index contributed by atoms with van der Waals surface area (Å²) in [4.78, 5) is 24.5. The van der Waals surface area contributed by atoms with E-state index < -0.39 is 18.2 Å². The highest BCUT2D eigenvalue weighted by Crippen LogP contribution is 2.20. The van der Waals surface area contributed by atoms with Crippen LogP contribution < -0.4 is 0 Å². The standard InChI is InChI=1S/C38H76O3.C26H52O3/c1-4-7-10-13-16-18-19-20-21-22-24-26-29-32-35-37(39)38(40)41-36(33-30-27-15-12-9-6-3)34-31-28-25-23-17-14-11-8-5-2;1-3-5-7-9-11-12-13-14-15-16-17-18-19-21-23-25(27)26(28)29-24-22-20-10-8-6-4-2/h36-37,39H,4-35H2,1-3H3;25,27H,3-24H2,1-2H3. The topological polar surface area (TPSA) is 93.1 Å². The summed E-state index contributed by atoms with van der Waals surface area (Å²) in [6.07, 6.45) is 64.5. The Hall–Kier alpha value is -1.14. The van der Waals surface area contributed by atoms with E-state index in [1.54, 1.807) is 0 Å². The number of aliphatic hydroxyl groups excluding tert-OH is 2. The maximum atomic E-state index is 12.7. The van der Waals surface area contributed by atoms with Crippen LogP contribution in [0.4, 0.5) is 0 Å². The quantitative estimate of drug-likeness (QED) is 0.0466. The molecule has 0 aliphatic carbocycles. The zero-order valence-corrected chi connectivity index (χ0v) is 48.4. The van der Waals surface area contributed by atoms with Gasteiger partial charge in [0.2, 0.25) is 0 Å². The number of ether oxygens (including phenoxy) is 2. The van der Waals surface area contributed by atoms with Gasteiger partial charge in [0.15, 0.2) is 12.2 Å². The van der Waals surface area contributed by atoms with Gasteiger partial charge in [0.05, 0.1) is 6.61 Å². The normalized spacial score (nSPS) is 12.7. The Balaban J connectivity index is 0. The zero-order valence-electron chi connectivity index (χ0n) is 48.4. The third kappa shape index (κ3) is 57.8. The second-order valence-electron chi connectivity index (χ2n) is 22.0. The zero-order chi connectivity index (χ0) is 51.5. The van der Waals surface area contributed by atoms with Crippen molar-refractivity contribution >= 4 is 11.9 Å². The number of rotatable bonds is 57. The van der Waals surface area contributed by atoms with Crippen molar-refractivity contribution in [1.82, 2.24) is 0 Å². The first-order valence-corrected chi connectivity index (χ1v) is 32.1. The van der Waals surface area contributed by atoms with Gasteiger partial charge in [0.1, 0.15) is 6.10 Å². The van der Waals surface area contributed by atoms with Gasteiger partial charge >= 0.3 is 11.9 Å². The Morgan fingerprint density at radius 1 is 0.271 bits per heavy atom. The Kier molecular flexibility index (Phi) is 63.0. The molecule has 0 aromatic rings. The van der Waals surface area contributed by atoms with Crippen LogP contribution in [0.2, 0.25) is 0 Å². The largest absolute Gasteiger partial charge is 0.464 e. The van der Waals surface area contributed by atoms with Crippen molar-refractivity contribution in [2.45, 2.75) is 393 Å². The van der Waals surface area contributed by atoms with Gasteiger partial charge in [-0.25, -0.2) is 9.59 Å². The number of esters is 2. The molecule has 3 atom stereocenters. The summed E-state index contributed by atoms with van der Waals surface area (Å²) >= 11 is 0. The fourth-order valence-corrected chi connectivity index (χ4v) is 9.79. The molecule has 0 aromatic carbocycles. The Morgan fingerprint density at radius 3 is 0.729 bits per heavy atom. The molecule has 0 aliphatic heterocycles. The van der Waals surface area contributed by atoms with Crippen molar-refractivity contribution in [2.75, 3.05) is 6.61 Å². The van der Waals surface area contributed by atoms with Gasteiger partial charge in [-0.15, -0.1) is 0 Å². The minimum absolute atomic E-state index is 0.00998. The number of carbonyl (C=O) groups excluding carboxylic acids is 2. The number of carbonyl (C=O) groups is 2. The van der Waals surface area contributed by atoms with E-state index in [2.05, 4.69) is 34.6 Å². The summed E-state index contributed by atoms with van der Waals surface area (Å²) < 4.78 is 11.1. The summed E-state index contributed by atoms with van der Waals surface area (Å²) in [7, 11) is 0. The molecule has 0 fully saturated rings. The Bertz CT molecular complexity index is 987. The third-order valence-corrected chi connectivity index (χ3v) is 14.7. The lowest BCUT2D eigenvalue weighted by atomic mass is 10.0. The van der Waals surface area contributed by atoms with E-state index in [1.807, 2.05) is 0 Å². The number of hydrogen-bond acceptors (Lipinski definition) is 6. The molecule has 0 radical (unpaired) electrons. The van der Waals surface area contributed by atoms with Crippen LogP contribution in [0.3, 0.4) is 0 Å². The van der Waals surface area contributed by atoms with E-state index in [0.29, 0.717) is 19.4 Å². The number of hydrogen-bond donors (Lipinski definition) is 2. The minimum Gasteiger partial charge on any atom is -0.464 e. The molecule has 0 aliphatic rings. The molecule has 0 heterocycles. The average Bonchev–Trinajstić information content (AvgIpc) is 3.36. The van der Waals surface area contributed by atoms with Crippen LogP contribution in [-0.4, -0.2) is 47.1 Å². The molecule has 3 unspecified atom stereocenters. The highest BCUT2D eigenvalue weighted by atomic mass is 16.6. The molecular formula is C64H128O6. The molecular weight excluding hydrogens is 865 g/mol. The van der Waals surface area contributed by atoms with Crippen molar-refractivity contribution in [3.63, 3.8) is 0 Å². The van der Waals surface area contributed by atoms with E-state index in [4.69, 9.17) is 9.47 Å². The molecule has 0 rings (SSSR count). The lowest BCUT2D eigenvalue weighted by Crippen LogP contribution is -2.28. The fourth-order valence-electron chi connectivity index (χ4n) is 9.79. The summed E-state index contributed by atoms with van der Waals surface area (Å²) in [5, 5.41) is 20.4. The van der Waals surface area contributed by atoms with Gasteiger partial charge in [-0.05, 0) is 44.9 Å². The van der Waals surface area contributed by atoms with Gasteiger partial charge < -0.3 is 19.7 Å². The SMILES string of the molecule is CCCCCCCCCCCCCCCCC(O)C(=O)OC(CCCCCCCC)CCCCCCCCCCC.CCCCCCCCCCCCCCCCC(O)C(=O)OCCCCCCCC. The van der Waals surface area contributed by atoms with Crippen LogP contribution in [0.5, 0.6) is 0 Å². The van der Waals surface area contributed by atoms with E-state index in [1.165, 1.54) is 263 Å². The molecule has 0 saturated heterocycles. The summed E-state index contributed by atoms with van der Waals surface area (Å²) in [5.74, 6) is -0.792. The van der Waals surface area contributed by atoms with Crippen molar-refractivity contribution < 1.29 is 29.3 Å². The molecule has 0 saturated carbocycles. The maximum absolute atomic E-state index is 12.7. The van der Waals surface area contributed by atoms with Crippen molar-refractivity contribution in [2.24, 2.45) is 0 Å². The van der Waals surface area contributed by atoms with Gasteiger partial charge in [-0.3, -0.25) is 0 Å². The molecule has 6 heteroatoms. The Labute approximate surface area is 439 Å². The van der Waals surface area contributed by atoms with Crippen LogP contribution in [0.25, 0.3) is 0 Å². The first-order valence-electron chi connectivity index (χ1n) is 32.1. The lowest BCUT2D eigenvalue weighted by molar-refractivity contribution is -0.160. The predicted molar refractivity (Wildman–Crippen MR) is 306 cm³/mol. The fraction of sp³-hybridized carbons (Fsp3) is 0.969. The van der Waals surface area contributed by atoms with Crippen LogP contribution in [0, 0.1) is 0 Å². The van der Waals surface area contributed by atoms with Gasteiger partial charge in [0.25, 0.3) is 0 Å². The molecule has 0 amide bonds. The Morgan fingerprint density at radius 2 is 0.471 bits per heavy atom. The molecule has 6 nitrogen and oxygen atoms in total. The summed E-state index contributed by atoms with van der Waals surface area (Å²) in [6, 6.07) is 0. The van der Waals surface area contributed by atoms with Gasteiger partial charge in [0, 0.05) is 0 Å². The molecule has 70 heavy (non-hydrogen) atoms. The molecule has 0 spiro atoms. The van der Waals surface area contributed by atoms with Crippen LogP contribution in [0.1, 0.15) is 375 Å². The van der Waals surface area contributed by atoms with Crippen molar-refractivity contribution in [3.8, 4) is 0 Å². The van der Waals surface area contributed by atoms with E-state index in [0.717, 1.165) is 64.2 Å². The molecule has 0 bridgehead atoms. The summed E-state index contributed by atoms with van der Waals surface area (Å²) in [6.45, 7) is 11.7. The minimum atomic E-state index is -0.942. The number of unbranched alkanes of at least 4 members (excludes halogenated alkanes) is 44. The highest BCUT2D eigenvalue weighted by Gasteiger charge is 2.21. The third-order valence-electron chi connectivity index (χ3n) is 14.7. The van der Waals surface area contributed by atoms with Gasteiger partial charge in [-0.1, -0.05) is 330 Å². The predicted octanol–water partition coefficient (Wildman–Crippen LogP) is 20.9. The van der Waals surface area contributed by atoms with Crippen LogP contribution >= 0.6 is 0 Å². The van der Waals surface area contributed by atoms with Gasteiger partial charge in [-0.2, -0.15) is 0 Å². The monoisotopic (exact) mass is 993 g/mol. The summed E-state index contributed by atoms with van der Waals surface area (Å²) in [5.41, 5.74) is 0. The lowest BCUT2D eigenvalue weighted by Gasteiger charge is -2.20. The highest BCUT2D eigenvalue weighted by molar-refractivity contribution is 5.74.